The molecule has 0 saturated heterocycles. The Morgan fingerprint density at radius 1 is 1.19 bits per heavy atom. The van der Waals surface area contributed by atoms with Crippen molar-refractivity contribution in [2.75, 3.05) is 5.32 Å². The van der Waals surface area contributed by atoms with Crippen LogP contribution in [0.15, 0.2) is 47.6 Å². The van der Waals surface area contributed by atoms with E-state index in [2.05, 4.69) is 15.5 Å². The minimum absolute atomic E-state index is 0.0572. The summed E-state index contributed by atoms with van der Waals surface area (Å²) in [5, 5.41) is 10.9. The highest BCUT2D eigenvalue weighted by molar-refractivity contribution is 8.00. The molecule has 1 N–H and O–H groups in total. The molecule has 0 radical (unpaired) electrons. The number of nitrogens with zero attached hydrogens (tertiary/aromatic N) is 3. The van der Waals surface area contributed by atoms with Gasteiger partial charge in [-0.15, -0.1) is 10.2 Å². The van der Waals surface area contributed by atoms with Gasteiger partial charge in [0.1, 0.15) is 11.6 Å². The number of hydrogen-bond donors (Lipinski definition) is 1. The van der Waals surface area contributed by atoms with Crippen LogP contribution in [0.4, 0.5) is 14.5 Å². The zero-order valence-corrected chi connectivity index (χ0v) is 16.0. The van der Waals surface area contributed by atoms with E-state index in [1.807, 2.05) is 0 Å². The maximum absolute atomic E-state index is 13.8. The molecular weight excluding hydrogens is 394 g/mol. The van der Waals surface area contributed by atoms with Crippen LogP contribution < -0.4 is 5.32 Å². The molecule has 27 heavy (non-hydrogen) atoms. The number of amides is 1. The molecule has 0 bridgehead atoms. The van der Waals surface area contributed by atoms with Gasteiger partial charge in [-0.1, -0.05) is 23.4 Å². The van der Waals surface area contributed by atoms with Crippen LogP contribution in [0, 0.1) is 11.6 Å². The fraction of sp³-hybridized carbons (Fsp3) is 0.167. The molecule has 0 saturated carbocycles. The van der Waals surface area contributed by atoms with Crippen LogP contribution in [0.5, 0.6) is 0 Å². The van der Waals surface area contributed by atoms with Crippen molar-refractivity contribution in [1.82, 2.24) is 14.8 Å². The summed E-state index contributed by atoms with van der Waals surface area (Å²) in [6, 6.07) is 9.92. The monoisotopic (exact) mass is 408 g/mol. The minimum Gasteiger partial charge on any atom is -0.323 e. The zero-order valence-electron chi connectivity index (χ0n) is 14.4. The summed E-state index contributed by atoms with van der Waals surface area (Å²) in [4.78, 5) is 12.3. The molecular formula is C18H15ClF2N4OS. The fourth-order valence-corrected chi connectivity index (χ4v) is 3.28. The summed E-state index contributed by atoms with van der Waals surface area (Å²) >= 11 is 6.89. The first-order chi connectivity index (χ1) is 12.8. The molecule has 1 aromatic heterocycles. The van der Waals surface area contributed by atoms with Gasteiger partial charge in [-0.25, -0.2) is 8.78 Å². The van der Waals surface area contributed by atoms with E-state index in [0.29, 0.717) is 16.5 Å². The van der Waals surface area contributed by atoms with Gasteiger partial charge >= 0.3 is 0 Å². The van der Waals surface area contributed by atoms with Gasteiger partial charge < -0.3 is 9.88 Å². The van der Waals surface area contributed by atoms with Gasteiger partial charge in [0.2, 0.25) is 5.91 Å². The summed E-state index contributed by atoms with van der Waals surface area (Å²) in [5.74, 6) is -0.776. The number of rotatable bonds is 5. The quantitative estimate of drug-likeness (QED) is 0.630. The Morgan fingerprint density at radius 2 is 1.89 bits per heavy atom. The number of nitrogens with one attached hydrogen (secondary N) is 1. The predicted molar refractivity (Wildman–Crippen MR) is 102 cm³/mol. The molecule has 0 fully saturated rings. The van der Waals surface area contributed by atoms with E-state index in [1.165, 1.54) is 36.0 Å². The number of thioether (sulfide) groups is 1. The fourth-order valence-electron chi connectivity index (χ4n) is 2.30. The van der Waals surface area contributed by atoms with Crippen molar-refractivity contribution in [2.45, 2.75) is 17.3 Å². The van der Waals surface area contributed by atoms with Gasteiger partial charge in [0, 0.05) is 17.6 Å². The molecule has 0 aliphatic rings. The Bertz CT molecular complexity index is 978. The van der Waals surface area contributed by atoms with Gasteiger partial charge in [-0.3, -0.25) is 4.79 Å². The average molecular weight is 409 g/mol. The smallest absolute Gasteiger partial charge is 0.237 e. The highest BCUT2D eigenvalue weighted by Gasteiger charge is 2.20. The predicted octanol–water partition coefficient (Wildman–Crippen LogP) is 4.53. The first-order valence-electron chi connectivity index (χ1n) is 7.93. The van der Waals surface area contributed by atoms with E-state index in [0.717, 1.165) is 6.07 Å². The Hall–Kier alpha value is -2.45. The number of hydrogen-bond acceptors (Lipinski definition) is 4. The highest BCUT2D eigenvalue weighted by atomic mass is 35.5. The van der Waals surface area contributed by atoms with Crippen molar-refractivity contribution in [3.8, 4) is 11.4 Å². The van der Waals surface area contributed by atoms with Crippen LogP contribution in [0.2, 0.25) is 5.02 Å². The van der Waals surface area contributed by atoms with E-state index < -0.39 is 11.1 Å². The van der Waals surface area contributed by atoms with Gasteiger partial charge in [-0.05, 0) is 49.4 Å². The maximum Gasteiger partial charge on any atom is 0.237 e. The molecule has 5 nitrogen and oxygen atoms in total. The summed E-state index contributed by atoms with van der Waals surface area (Å²) in [5.41, 5.74) is 0.764. The lowest BCUT2D eigenvalue weighted by molar-refractivity contribution is -0.115. The van der Waals surface area contributed by atoms with Crippen molar-refractivity contribution in [3.63, 3.8) is 0 Å². The molecule has 1 heterocycles. The highest BCUT2D eigenvalue weighted by Crippen LogP contribution is 2.27. The molecule has 0 aliphatic heterocycles. The molecule has 9 heteroatoms. The SMILES string of the molecule is C[C@@H](Sc1nnc(-c2ccc(F)cc2)n1C)C(=O)Nc1ccc(Cl)cc1F. The van der Waals surface area contributed by atoms with Gasteiger partial charge in [0.05, 0.1) is 10.9 Å². The van der Waals surface area contributed by atoms with Gasteiger partial charge in [0.15, 0.2) is 11.0 Å². The first kappa shape index (κ1) is 19.3. The second-order valence-electron chi connectivity index (χ2n) is 5.75. The second-order valence-corrected chi connectivity index (χ2v) is 7.49. The van der Waals surface area contributed by atoms with Crippen LogP contribution in [0.3, 0.4) is 0 Å². The lowest BCUT2D eigenvalue weighted by Gasteiger charge is -2.12. The van der Waals surface area contributed by atoms with Crippen molar-refractivity contribution in [3.05, 3.63) is 59.1 Å². The number of carbonyl (C=O) groups is 1. The van der Waals surface area contributed by atoms with Gasteiger partial charge in [-0.2, -0.15) is 0 Å². The van der Waals surface area contributed by atoms with Crippen molar-refractivity contribution >= 4 is 35.0 Å². The largest absolute Gasteiger partial charge is 0.323 e. The summed E-state index contributed by atoms with van der Waals surface area (Å²) < 4.78 is 28.6. The van der Waals surface area contributed by atoms with E-state index in [-0.39, 0.29) is 22.4 Å². The van der Waals surface area contributed by atoms with E-state index in [1.54, 1.807) is 30.7 Å². The topological polar surface area (TPSA) is 59.8 Å². The van der Waals surface area contributed by atoms with E-state index >= 15 is 0 Å². The molecule has 0 spiro atoms. The number of carbonyl (C=O) groups excluding carboxylic acids is 1. The molecule has 2 aromatic carbocycles. The van der Waals surface area contributed by atoms with Crippen LogP contribution in [0.1, 0.15) is 6.92 Å². The average Bonchev–Trinajstić information content (AvgIpc) is 2.98. The third-order valence-corrected chi connectivity index (χ3v) is 5.15. The van der Waals surface area contributed by atoms with E-state index in [9.17, 15) is 13.6 Å². The van der Waals surface area contributed by atoms with Crippen molar-refractivity contribution in [1.29, 1.82) is 0 Å². The van der Waals surface area contributed by atoms with E-state index in [4.69, 9.17) is 11.6 Å². The Labute approximate surface area is 163 Å². The standard InChI is InChI=1S/C18H15ClF2N4OS/c1-10(17(26)22-15-8-5-12(19)9-14(15)21)27-18-24-23-16(25(18)2)11-3-6-13(20)7-4-11/h3-10H,1-2H3,(H,22,26)/t10-/m1/s1. The number of anilines is 1. The minimum atomic E-state index is -0.606. The Morgan fingerprint density at radius 3 is 2.56 bits per heavy atom. The van der Waals surface area contributed by atoms with Crippen molar-refractivity contribution < 1.29 is 13.6 Å². The Balaban J connectivity index is 1.71. The lowest BCUT2D eigenvalue weighted by atomic mass is 10.2. The summed E-state index contributed by atoms with van der Waals surface area (Å²) in [7, 11) is 1.75. The molecule has 3 aromatic rings. The molecule has 1 amide bonds. The van der Waals surface area contributed by atoms with Crippen LogP contribution in [-0.4, -0.2) is 25.9 Å². The third kappa shape index (κ3) is 4.45. The zero-order chi connectivity index (χ0) is 19.6. The Kier molecular flexibility index (Phi) is 5.76. The van der Waals surface area contributed by atoms with Gasteiger partial charge in [0.25, 0.3) is 0 Å². The normalized spacial score (nSPS) is 12.0. The number of aromatic nitrogens is 3. The van der Waals surface area contributed by atoms with Crippen LogP contribution in [-0.2, 0) is 11.8 Å². The lowest BCUT2D eigenvalue weighted by Crippen LogP contribution is -2.23. The summed E-state index contributed by atoms with van der Waals surface area (Å²) in [6.45, 7) is 1.68. The molecule has 1 atom stereocenters. The van der Waals surface area contributed by atoms with Crippen molar-refractivity contribution in [2.24, 2.45) is 7.05 Å². The van der Waals surface area contributed by atoms with Crippen LogP contribution in [0.25, 0.3) is 11.4 Å². The molecule has 0 aliphatic carbocycles. The second kappa shape index (κ2) is 8.06. The molecule has 140 valence electrons. The first-order valence-corrected chi connectivity index (χ1v) is 9.19. The number of halogens is 3. The van der Waals surface area contributed by atoms with Crippen LogP contribution >= 0.6 is 23.4 Å². The number of benzene rings is 2. The third-order valence-electron chi connectivity index (χ3n) is 3.78. The molecule has 3 rings (SSSR count). The maximum atomic E-state index is 13.8. The summed E-state index contributed by atoms with van der Waals surface area (Å²) in [6.07, 6.45) is 0. The molecule has 0 unspecified atom stereocenters.